The predicted molar refractivity (Wildman–Crippen MR) is 66.3 cm³/mol. The molecule has 7 heteroatoms. The molecule has 1 aromatic rings. The van der Waals surface area contributed by atoms with Crippen LogP contribution < -0.4 is 0 Å². The summed E-state index contributed by atoms with van der Waals surface area (Å²) in [5, 5.41) is 8.53. The largest absolute Gasteiger partial charge is 0.481 e. The zero-order chi connectivity index (χ0) is 11.6. The van der Waals surface area contributed by atoms with Gasteiger partial charge in [-0.15, -0.1) is 11.3 Å². The number of aliphatic carboxylic acids is 1. The molecule has 82 valence electrons. The van der Waals surface area contributed by atoms with Gasteiger partial charge < -0.3 is 5.11 Å². The highest BCUT2D eigenvalue weighted by atomic mass is 79.9. The van der Waals surface area contributed by atoms with Crippen molar-refractivity contribution in [1.29, 1.82) is 0 Å². The van der Waals surface area contributed by atoms with Gasteiger partial charge in [-0.3, -0.25) is 9.59 Å². The molecular weight excluding hydrogens is 371 g/mol. The summed E-state index contributed by atoms with van der Waals surface area (Å²) in [4.78, 5) is 21.8. The lowest BCUT2D eigenvalue weighted by atomic mass is 10.2. The molecule has 1 heterocycles. The number of Topliss-reactive ketones (excluding diaryl/α,β-unsaturated/α-hetero) is 1. The van der Waals surface area contributed by atoms with Crippen molar-refractivity contribution >= 4 is 66.6 Å². The van der Waals surface area contributed by atoms with E-state index in [1.165, 1.54) is 0 Å². The Kier molecular flexibility index (Phi) is 4.76. The Balaban J connectivity index is 2.80. The Bertz CT molecular complexity index is 385. The highest BCUT2D eigenvalue weighted by Gasteiger charge is 2.22. The first kappa shape index (κ1) is 13.2. The van der Waals surface area contributed by atoms with Crippen molar-refractivity contribution in [3.05, 3.63) is 19.8 Å². The molecule has 15 heavy (non-hydrogen) atoms. The molecule has 0 aliphatic carbocycles. The SMILES string of the molecule is O=C(O)CC(Br)C(=O)c1cc(Br)c(Cl)s1. The summed E-state index contributed by atoms with van der Waals surface area (Å²) in [7, 11) is 0. The van der Waals surface area contributed by atoms with Gasteiger partial charge in [-0.25, -0.2) is 0 Å². The fourth-order valence-corrected chi connectivity index (χ4v) is 3.24. The average molecular weight is 376 g/mol. The van der Waals surface area contributed by atoms with Gasteiger partial charge in [0.2, 0.25) is 0 Å². The molecule has 0 radical (unpaired) electrons. The third kappa shape index (κ3) is 3.55. The van der Waals surface area contributed by atoms with Crippen LogP contribution in [-0.4, -0.2) is 21.7 Å². The summed E-state index contributed by atoms with van der Waals surface area (Å²) < 4.78 is 1.13. The minimum Gasteiger partial charge on any atom is -0.481 e. The zero-order valence-corrected chi connectivity index (χ0v) is 11.9. The number of alkyl halides is 1. The highest BCUT2D eigenvalue weighted by Crippen LogP contribution is 2.33. The summed E-state index contributed by atoms with van der Waals surface area (Å²) in [5.41, 5.74) is 0. The van der Waals surface area contributed by atoms with E-state index >= 15 is 0 Å². The Morgan fingerprint density at radius 2 is 2.20 bits per heavy atom. The summed E-state index contributed by atoms with van der Waals surface area (Å²) >= 11 is 13.1. The maximum absolute atomic E-state index is 11.7. The summed E-state index contributed by atoms with van der Waals surface area (Å²) in [6.45, 7) is 0. The number of carboxylic acid groups (broad SMARTS) is 1. The number of hydrogen-bond donors (Lipinski definition) is 1. The molecule has 0 aromatic carbocycles. The van der Waals surface area contributed by atoms with Crippen LogP contribution in [0.25, 0.3) is 0 Å². The molecule has 0 saturated heterocycles. The Labute approximate surface area is 112 Å². The van der Waals surface area contributed by atoms with Gasteiger partial charge in [0.15, 0.2) is 5.78 Å². The van der Waals surface area contributed by atoms with Crippen molar-refractivity contribution in [2.45, 2.75) is 11.2 Å². The van der Waals surface area contributed by atoms with E-state index in [0.717, 1.165) is 11.3 Å². The molecule has 0 fully saturated rings. The molecular formula is C8H5Br2ClO3S. The lowest BCUT2D eigenvalue weighted by Crippen LogP contribution is -2.17. The molecule has 1 N–H and O–H groups in total. The minimum atomic E-state index is -1.02. The van der Waals surface area contributed by atoms with Crippen molar-refractivity contribution < 1.29 is 14.7 Å². The third-order valence-electron chi connectivity index (χ3n) is 1.53. The topological polar surface area (TPSA) is 54.4 Å². The molecule has 3 nitrogen and oxygen atoms in total. The van der Waals surface area contributed by atoms with Crippen molar-refractivity contribution in [2.24, 2.45) is 0 Å². The van der Waals surface area contributed by atoms with Crippen LogP contribution in [0.5, 0.6) is 0 Å². The van der Waals surface area contributed by atoms with Gasteiger partial charge in [0.1, 0.15) is 4.34 Å². The molecule has 0 aliphatic rings. The lowest BCUT2D eigenvalue weighted by molar-refractivity contribution is -0.136. The standard InChI is InChI=1S/C8H5Br2ClO3S/c9-3(2-6(12)13)7(14)5-1-4(10)8(11)15-5/h1,3H,2H2,(H,12,13). The second kappa shape index (κ2) is 5.43. The number of rotatable bonds is 4. The lowest BCUT2D eigenvalue weighted by Gasteiger charge is -2.02. The second-order valence-electron chi connectivity index (χ2n) is 2.66. The van der Waals surface area contributed by atoms with Crippen molar-refractivity contribution in [3.63, 3.8) is 0 Å². The maximum atomic E-state index is 11.7. The van der Waals surface area contributed by atoms with Gasteiger partial charge in [0, 0.05) is 4.47 Å². The molecule has 0 spiro atoms. The molecule has 0 amide bonds. The molecule has 1 atom stereocenters. The van der Waals surface area contributed by atoms with E-state index in [2.05, 4.69) is 31.9 Å². The fraction of sp³-hybridized carbons (Fsp3) is 0.250. The van der Waals surface area contributed by atoms with Gasteiger partial charge >= 0.3 is 5.97 Å². The van der Waals surface area contributed by atoms with E-state index in [9.17, 15) is 9.59 Å². The molecule has 0 saturated carbocycles. The normalized spacial score (nSPS) is 12.5. The van der Waals surface area contributed by atoms with Gasteiger partial charge in [0.05, 0.1) is 16.1 Å². The van der Waals surface area contributed by atoms with Gasteiger partial charge in [0.25, 0.3) is 0 Å². The summed E-state index contributed by atoms with van der Waals surface area (Å²) in [6.07, 6.45) is -0.244. The molecule has 1 unspecified atom stereocenters. The number of halogens is 3. The van der Waals surface area contributed by atoms with E-state index in [-0.39, 0.29) is 12.2 Å². The summed E-state index contributed by atoms with van der Waals surface area (Å²) in [6, 6.07) is 1.59. The van der Waals surface area contributed by atoms with Crippen molar-refractivity contribution in [2.75, 3.05) is 0 Å². The van der Waals surface area contributed by atoms with Crippen LogP contribution in [0, 0.1) is 0 Å². The smallest absolute Gasteiger partial charge is 0.304 e. The van der Waals surface area contributed by atoms with Crippen LogP contribution in [0.3, 0.4) is 0 Å². The molecule has 1 rings (SSSR count). The average Bonchev–Trinajstić information content (AvgIpc) is 2.44. The second-order valence-corrected chi connectivity index (χ2v) is 6.28. The highest BCUT2D eigenvalue weighted by molar-refractivity contribution is 9.10. The first-order chi connectivity index (χ1) is 6.91. The Morgan fingerprint density at radius 3 is 2.60 bits per heavy atom. The number of carbonyl (C=O) groups is 2. The third-order valence-corrected chi connectivity index (χ3v) is 4.76. The van der Waals surface area contributed by atoms with Crippen molar-refractivity contribution in [1.82, 2.24) is 0 Å². The molecule has 0 aliphatic heterocycles. The van der Waals surface area contributed by atoms with Crippen LogP contribution >= 0.6 is 54.8 Å². The Morgan fingerprint density at radius 1 is 1.60 bits per heavy atom. The fourth-order valence-electron chi connectivity index (χ4n) is 0.868. The number of hydrogen-bond acceptors (Lipinski definition) is 3. The Hall–Kier alpha value is 0.0900. The summed E-state index contributed by atoms with van der Waals surface area (Å²) in [5.74, 6) is -1.29. The molecule has 0 bridgehead atoms. The quantitative estimate of drug-likeness (QED) is 0.645. The van der Waals surface area contributed by atoms with E-state index in [4.69, 9.17) is 16.7 Å². The van der Waals surface area contributed by atoms with E-state index in [1.54, 1.807) is 6.07 Å². The first-order valence-electron chi connectivity index (χ1n) is 3.76. The van der Waals surface area contributed by atoms with E-state index in [1.807, 2.05) is 0 Å². The monoisotopic (exact) mass is 374 g/mol. The number of ketones is 1. The van der Waals surface area contributed by atoms with Gasteiger partial charge in [-0.05, 0) is 22.0 Å². The minimum absolute atomic E-state index is 0.244. The van der Waals surface area contributed by atoms with Crippen molar-refractivity contribution in [3.8, 4) is 0 Å². The predicted octanol–water partition coefficient (Wildman–Crippen LogP) is 3.58. The van der Waals surface area contributed by atoms with Gasteiger partial charge in [-0.1, -0.05) is 27.5 Å². The molecule has 1 aromatic heterocycles. The van der Waals surface area contributed by atoms with E-state index < -0.39 is 10.8 Å². The van der Waals surface area contributed by atoms with Crippen LogP contribution in [0.2, 0.25) is 4.34 Å². The van der Waals surface area contributed by atoms with Crippen LogP contribution in [0.4, 0.5) is 0 Å². The van der Waals surface area contributed by atoms with Crippen LogP contribution in [0.15, 0.2) is 10.5 Å². The number of carboxylic acids is 1. The number of carbonyl (C=O) groups excluding carboxylic acids is 1. The first-order valence-corrected chi connectivity index (χ1v) is 6.67. The van der Waals surface area contributed by atoms with Gasteiger partial charge in [-0.2, -0.15) is 0 Å². The maximum Gasteiger partial charge on any atom is 0.304 e. The number of thiophene rings is 1. The van der Waals surface area contributed by atoms with E-state index in [0.29, 0.717) is 13.7 Å². The van der Waals surface area contributed by atoms with Crippen LogP contribution in [0.1, 0.15) is 16.1 Å². The zero-order valence-electron chi connectivity index (χ0n) is 7.17. The van der Waals surface area contributed by atoms with Crippen LogP contribution in [-0.2, 0) is 4.79 Å².